The van der Waals surface area contributed by atoms with Crippen LogP contribution in [0.3, 0.4) is 0 Å². The monoisotopic (exact) mass is 482 g/mol. The van der Waals surface area contributed by atoms with Crippen LogP contribution in [0.1, 0.15) is 5.56 Å². The highest BCUT2D eigenvalue weighted by Crippen LogP contribution is 2.35. The van der Waals surface area contributed by atoms with Crippen molar-refractivity contribution in [2.75, 3.05) is 0 Å². The molecule has 3 nitrogen and oxygen atoms in total. The van der Waals surface area contributed by atoms with Crippen LogP contribution in [0.5, 0.6) is 0 Å². The second-order valence-electron chi connectivity index (χ2n) is 5.33. The number of aromatic nitrogens is 1. The molecule has 3 aromatic rings. The van der Waals surface area contributed by atoms with E-state index in [1.165, 1.54) is 12.1 Å². The van der Waals surface area contributed by atoms with Gasteiger partial charge in [-0.2, -0.15) is 0 Å². The minimum absolute atomic E-state index is 0.146. The highest BCUT2D eigenvalue weighted by molar-refractivity contribution is 9.11. The Morgan fingerprint density at radius 1 is 1.00 bits per heavy atom. The van der Waals surface area contributed by atoms with Crippen LogP contribution in [0, 0.1) is 5.82 Å². The van der Waals surface area contributed by atoms with Gasteiger partial charge in [0.15, 0.2) is 0 Å². The zero-order valence-corrected chi connectivity index (χ0v) is 16.7. The lowest BCUT2D eigenvalue weighted by Crippen LogP contribution is -1.97. The van der Waals surface area contributed by atoms with Gasteiger partial charge in [0.2, 0.25) is 0 Å². The molecule has 0 aliphatic rings. The fraction of sp³-hybridized carbons (Fsp3) is 0.0556. The molecule has 1 atom stereocenters. The van der Waals surface area contributed by atoms with Crippen LogP contribution in [0.4, 0.5) is 4.39 Å². The van der Waals surface area contributed by atoms with Crippen LogP contribution in [-0.2, 0) is 16.8 Å². The van der Waals surface area contributed by atoms with Crippen molar-refractivity contribution < 1.29 is 13.2 Å². The molecule has 0 N–H and O–H groups in total. The SMILES string of the molecule is O=S([O-])Cc1ccc(-c2cnccc2-c2cc(Br)cc(Br)c2)cc1F. The van der Waals surface area contributed by atoms with Crippen LogP contribution in [0.15, 0.2) is 63.8 Å². The van der Waals surface area contributed by atoms with E-state index in [0.29, 0.717) is 5.56 Å². The van der Waals surface area contributed by atoms with Crippen LogP contribution in [-0.4, -0.2) is 13.7 Å². The van der Waals surface area contributed by atoms with Gasteiger partial charge in [-0.25, -0.2) is 4.39 Å². The summed E-state index contributed by atoms with van der Waals surface area (Å²) in [6.07, 6.45) is 3.35. The summed E-state index contributed by atoms with van der Waals surface area (Å²) in [6.45, 7) is 0. The standard InChI is InChI=1S/C18H12Br2FNO2S/c19-14-5-13(6-15(20)8-14)16-3-4-22-9-17(16)11-1-2-12(10-25(23)24)18(21)7-11/h1-9H,10H2,(H,23,24)/p-1. The van der Waals surface area contributed by atoms with Crippen LogP contribution >= 0.6 is 31.9 Å². The van der Waals surface area contributed by atoms with E-state index in [0.717, 1.165) is 25.6 Å². The lowest BCUT2D eigenvalue weighted by molar-refractivity contribution is 0.533. The molecule has 0 bridgehead atoms. The maximum Gasteiger partial charge on any atom is 0.127 e. The molecule has 0 amide bonds. The summed E-state index contributed by atoms with van der Waals surface area (Å²) in [5.41, 5.74) is 3.39. The van der Waals surface area contributed by atoms with Crippen molar-refractivity contribution in [2.45, 2.75) is 5.75 Å². The summed E-state index contributed by atoms with van der Waals surface area (Å²) in [6, 6.07) is 12.3. The molecule has 128 valence electrons. The fourth-order valence-corrected chi connectivity index (χ4v) is 4.33. The summed E-state index contributed by atoms with van der Waals surface area (Å²) in [5.74, 6) is -0.892. The molecule has 7 heteroatoms. The highest BCUT2D eigenvalue weighted by Gasteiger charge is 2.11. The third kappa shape index (κ3) is 4.41. The van der Waals surface area contributed by atoms with Gasteiger partial charge in [-0.1, -0.05) is 55.1 Å². The Morgan fingerprint density at radius 2 is 1.72 bits per heavy atom. The fourth-order valence-electron chi connectivity index (χ4n) is 2.54. The predicted molar refractivity (Wildman–Crippen MR) is 103 cm³/mol. The quantitative estimate of drug-likeness (QED) is 0.463. The highest BCUT2D eigenvalue weighted by atomic mass is 79.9. The topological polar surface area (TPSA) is 53.0 Å². The van der Waals surface area contributed by atoms with Gasteiger partial charge in [-0.15, -0.1) is 0 Å². The van der Waals surface area contributed by atoms with E-state index in [-0.39, 0.29) is 11.3 Å². The molecule has 3 rings (SSSR count). The maximum absolute atomic E-state index is 14.2. The number of pyridine rings is 1. The first-order valence-electron chi connectivity index (χ1n) is 7.19. The van der Waals surface area contributed by atoms with E-state index in [9.17, 15) is 13.2 Å². The van der Waals surface area contributed by atoms with Crippen molar-refractivity contribution in [1.29, 1.82) is 0 Å². The minimum atomic E-state index is -2.33. The van der Waals surface area contributed by atoms with Crippen molar-refractivity contribution in [3.63, 3.8) is 0 Å². The number of rotatable bonds is 4. The molecular formula is C18H11Br2FNO2S-. The van der Waals surface area contributed by atoms with E-state index in [4.69, 9.17) is 0 Å². The van der Waals surface area contributed by atoms with Gasteiger partial charge in [-0.05, 0) is 52.6 Å². The lowest BCUT2D eigenvalue weighted by atomic mass is 9.96. The van der Waals surface area contributed by atoms with Crippen LogP contribution in [0.2, 0.25) is 0 Å². The summed E-state index contributed by atoms with van der Waals surface area (Å²) < 4.78 is 37.7. The number of benzene rings is 2. The summed E-state index contributed by atoms with van der Waals surface area (Å²) in [5, 5.41) is 0. The van der Waals surface area contributed by atoms with Crippen molar-refractivity contribution >= 4 is 42.9 Å². The number of nitrogens with zero attached hydrogens (tertiary/aromatic N) is 1. The smallest absolute Gasteiger partial charge is 0.127 e. The van der Waals surface area contributed by atoms with E-state index >= 15 is 0 Å². The molecule has 1 aromatic heterocycles. The van der Waals surface area contributed by atoms with Crippen molar-refractivity contribution in [2.24, 2.45) is 0 Å². The molecule has 0 aliphatic heterocycles. The second-order valence-corrected chi connectivity index (χ2v) is 8.06. The molecule has 1 unspecified atom stereocenters. The number of hydrogen-bond acceptors (Lipinski definition) is 3. The number of hydrogen-bond donors (Lipinski definition) is 0. The van der Waals surface area contributed by atoms with Gasteiger partial charge in [0.25, 0.3) is 0 Å². The van der Waals surface area contributed by atoms with Gasteiger partial charge in [0.1, 0.15) is 5.82 Å². The van der Waals surface area contributed by atoms with Gasteiger partial charge in [0.05, 0.1) is 0 Å². The zero-order valence-electron chi connectivity index (χ0n) is 12.7. The largest absolute Gasteiger partial charge is 0.772 e. The number of halogens is 3. The van der Waals surface area contributed by atoms with E-state index in [2.05, 4.69) is 36.8 Å². The Balaban J connectivity index is 2.10. The predicted octanol–water partition coefficient (Wildman–Crippen LogP) is 5.46. The molecule has 2 aromatic carbocycles. The summed E-state index contributed by atoms with van der Waals surface area (Å²) in [7, 11) is 0. The molecule has 0 radical (unpaired) electrons. The Labute approximate surface area is 163 Å². The third-order valence-electron chi connectivity index (χ3n) is 3.63. The van der Waals surface area contributed by atoms with Crippen molar-refractivity contribution in [1.82, 2.24) is 4.98 Å². The molecule has 0 fully saturated rings. The third-order valence-corrected chi connectivity index (χ3v) is 5.09. The van der Waals surface area contributed by atoms with Crippen molar-refractivity contribution in [3.05, 3.63) is 75.2 Å². The molecular weight excluding hydrogens is 473 g/mol. The van der Waals surface area contributed by atoms with E-state index in [1.54, 1.807) is 18.5 Å². The van der Waals surface area contributed by atoms with Crippen molar-refractivity contribution in [3.8, 4) is 22.3 Å². The van der Waals surface area contributed by atoms with Gasteiger partial charge in [0, 0.05) is 32.7 Å². The molecule has 0 aliphatic carbocycles. The Kier molecular flexibility index (Phi) is 5.78. The molecule has 1 heterocycles. The van der Waals surface area contributed by atoms with Crippen LogP contribution in [0.25, 0.3) is 22.3 Å². The van der Waals surface area contributed by atoms with E-state index in [1.807, 2.05) is 24.3 Å². The molecule has 0 saturated carbocycles. The first-order valence-corrected chi connectivity index (χ1v) is 10.0. The lowest BCUT2D eigenvalue weighted by Gasteiger charge is -2.12. The minimum Gasteiger partial charge on any atom is -0.772 e. The molecule has 0 spiro atoms. The first kappa shape index (κ1) is 18.4. The Morgan fingerprint density at radius 3 is 2.36 bits per heavy atom. The average Bonchev–Trinajstić information content (AvgIpc) is 2.55. The van der Waals surface area contributed by atoms with Gasteiger partial charge in [-0.3, -0.25) is 9.19 Å². The van der Waals surface area contributed by atoms with Gasteiger partial charge < -0.3 is 4.55 Å². The van der Waals surface area contributed by atoms with Crippen LogP contribution < -0.4 is 0 Å². The van der Waals surface area contributed by atoms with Gasteiger partial charge >= 0.3 is 0 Å². The molecule has 0 saturated heterocycles. The molecule has 25 heavy (non-hydrogen) atoms. The summed E-state index contributed by atoms with van der Waals surface area (Å²) >= 11 is 4.61. The maximum atomic E-state index is 14.2. The average molecular weight is 484 g/mol. The Bertz CT molecular complexity index is 945. The van der Waals surface area contributed by atoms with E-state index < -0.39 is 16.9 Å². The second kappa shape index (κ2) is 7.86. The zero-order chi connectivity index (χ0) is 18.0. The Hall–Kier alpha value is -1.41. The normalized spacial score (nSPS) is 12.2. The first-order chi connectivity index (χ1) is 11.9. The summed E-state index contributed by atoms with van der Waals surface area (Å²) in [4.78, 5) is 4.15.